The van der Waals surface area contributed by atoms with E-state index in [1.54, 1.807) is 0 Å². The largest absolute Gasteiger partial charge is 0.486 e. The molecule has 0 aromatic heterocycles. The zero-order valence-electron chi connectivity index (χ0n) is 11.6. The van der Waals surface area contributed by atoms with Crippen LogP contribution in [0.3, 0.4) is 0 Å². The molecular weight excluding hydrogens is 256 g/mol. The highest BCUT2D eigenvalue weighted by atomic mass is 16.6. The first-order valence-corrected chi connectivity index (χ1v) is 7.18. The van der Waals surface area contributed by atoms with E-state index >= 15 is 0 Å². The first-order valence-electron chi connectivity index (χ1n) is 7.18. The number of nitrogens with one attached hydrogen (secondary N) is 1. The van der Waals surface area contributed by atoms with E-state index in [0.717, 1.165) is 56.7 Å². The summed E-state index contributed by atoms with van der Waals surface area (Å²) in [6.07, 6.45) is 1.75. The Morgan fingerprint density at radius 1 is 1.15 bits per heavy atom. The van der Waals surface area contributed by atoms with Gasteiger partial charge in [-0.3, -0.25) is 4.79 Å². The van der Waals surface area contributed by atoms with Crippen LogP contribution in [0.2, 0.25) is 0 Å². The minimum absolute atomic E-state index is 0.509. The van der Waals surface area contributed by atoms with Crippen molar-refractivity contribution in [2.24, 2.45) is 0 Å². The van der Waals surface area contributed by atoms with Gasteiger partial charge in [0.1, 0.15) is 13.2 Å². The molecule has 1 saturated heterocycles. The smallest absolute Gasteiger partial charge is 0.172 e. The minimum Gasteiger partial charge on any atom is -0.486 e. The van der Waals surface area contributed by atoms with Crippen LogP contribution in [0.4, 0.5) is 0 Å². The fraction of sp³-hybridized carbons (Fsp3) is 0.533. The van der Waals surface area contributed by atoms with Gasteiger partial charge in [-0.25, -0.2) is 0 Å². The summed E-state index contributed by atoms with van der Waals surface area (Å²) in [6.45, 7) is 6.37. The number of hydrogen-bond acceptors (Lipinski definition) is 5. The quantitative estimate of drug-likeness (QED) is 0.821. The highest BCUT2D eigenvalue weighted by Crippen LogP contribution is 2.36. The summed E-state index contributed by atoms with van der Waals surface area (Å²) in [5.74, 6) is 1.38. The van der Waals surface area contributed by atoms with Gasteiger partial charge >= 0.3 is 0 Å². The number of carbonyl (C=O) groups excluding carboxylic acids is 1. The summed E-state index contributed by atoms with van der Waals surface area (Å²) in [7, 11) is 0. The summed E-state index contributed by atoms with van der Waals surface area (Å²) < 4.78 is 11.3. The maximum atomic E-state index is 11.0. The molecule has 2 heterocycles. The Hall–Kier alpha value is -1.59. The van der Waals surface area contributed by atoms with Crippen LogP contribution in [0.15, 0.2) is 12.1 Å². The second-order valence-electron chi connectivity index (χ2n) is 5.13. The Bertz CT molecular complexity index is 484. The van der Waals surface area contributed by atoms with Gasteiger partial charge in [-0.2, -0.15) is 0 Å². The third kappa shape index (κ3) is 2.78. The zero-order valence-corrected chi connectivity index (χ0v) is 11.6. The van der Waals surface area contributed by atoms with Gasteiger partial charge in [0.2, 0.25) is 0 Å². The normalized spacial score (nSPS) is 18.8. The fourth-order valence-corrected chi connectivity index (χ4v) is 2.72. The van der Waals surface area contributed by atoms with Crippen molar-refractivity contribution in [3.8, 4) is 11.5 Å². The van der Waals surface area contributed by atoms with Crippen LogP contribution in [0, 0.1) is 0 Å². The summed E-state index contributed by atoms with van der Waals surface area (Å²) >= 11 is 0. The molecule has 3 rings (SSSR count). The molecule has 5 heteroatoms. The Kier molecular flexibility index (Phi) is 4.18. The van der Waals surface area contributed by atoms with Crippen molar-refractivity contribution < 1.29 is 14.3 Å². The van der Waals surface area contributed by atoms with Gasteiger partial charge in [-0.05, 0) is 18.1 Å². The molecule has 2 aliphatic heterocycles. The van der Waals surface area contributed by atoms with Crippen LogP contribution in [0.1, 0.15) is 15.9 Å². The number of rotatable bonds is 4. The molecular formula is C15H20N2O3. The molecule has 1 aromatic rings. The number of fused-ring (bicyclic) bond motifs is 1. The molecule has 0 atom stereocenters. The molecule has 2 aliphatic rings. The summed E-state index contributed by atoms with van der Waals surface area (Å²) in [6, 6.07) is 3.81. The van der Waals surface area contributed by atoms with Crippen molar-refractivity contribution in [2.75, 3.05) is 45.9 Å². The predicted octanol–water partition coefficient (Wildman–Crippen LogP) is 0.718. The lowest BCUT2D eigenvalue weighted by atomic mass is 10.1. The lowest BCUT2D eigenvalue weighted by Crippen LogP contribution is -2.44. The average molecular weight is 276 g/mol. The molecule has 20 heavy (non-hydrogen) atoms. The van der Waals surface area contributed by atoms with Crippen LogP contribution in [0.5, 0.6) is 11.5 Å². The highest BCUT2D eigenvalue weighted by molar-refractivity contribution is 5.82. The standard InChI is InChI=1S/C15H20N2O3/c18-11-13-2-1-12(14-15(13)20-10-9-19-14)3-6-17-7-4-16-5-8-17/h1-2,11,16H,3-10H2. The van der Waals surface area contributed by atoms with Crippen LogP contribution in [0.25, 0.3) is 0 Å². The van der Waals surface area contributed by atoms with Crippen molar-refractivity contribution in [1.29, 1.82) is 0 Å². The topological polar surface area (TPSA) is 50.8 Å². The number of ether oxygens (including phenoxy) is 2. The summed E-state index contributed by atoms with van der Waals surface area (Å²) in [5, 5.41) is 3.35. The summed E-state index contributed by atoms with van der Waals surface area (Å²) in [4.78, 5) is 13.5. The van der Waals surface area contributed by atoms with Crippen molar-refractivity contribution in [2.45, 2.75) is 6.42 Å². The number of hydrogen-bond donors (Lipinski definition) is 1. The fourth-order valence-electron chi connectivity index (χ4n) is 2.72. The Balaban J connectivity index is 1.74. The molecule has 108 valence electrons. The van der Waals surface area contributed by atoms with Gasteiger partial charge < -0.3 is 19.7 Å². The molecule has 0 aliphatic carbocycles. The second kappa shape index (κ2) is 6.24. The molecule has 5 nitrogen and oxygen atoms in total. The lowest BCUT2D eigenvalue weighted by Gasteiger charge is -2.28. The predicted molar refractivity (Wildman–Crippen MR) is 75.8 cm³/mol. The number of benzene rings is 1. The first kappa shape index (κ1) is 13.4. The molecule has 1 fully saturated rings. The third-order valence-corrected chi connectivity index (χ3v) is 3.83. The molecule has 1 aromatic carbocycles. The highest BCUT2D eigenvalue weighted by Gasteiger charge is 2.20. The SMILES string of the molecule is O=Cc1ccc(CCN2CCNCC2)c2c1OCCO2. The van der Waals surface area contributed by atoms with E-state index < -0.39 is 0 Å². The van der Waals surface area contributed by atoms with Gasteiger partial charge in [0.25, 0.3) is 0 Å². The Morgan fingerprint density at radius 3 is 2.65 bits per heavy atom. The van der Waals surface area contributed by atoms with Gasteiger partial charge in [-0.15, -0.1) is 0 Å². The number of nitrogens with zero attached hydrogens (tertiary/aromatic N) is 1. The van der Waals surface area contributed by atoms with Crippen molar-refractivity contribution in [3.05, 3.63) is 23.3 Å². The van der Waals surface area contributed by atoms with E-state index in [9.17, 15) is 4.79 Å². The number of piperazine rings is 1. The maximum absolute atomic E-state index is 11.0. The van der Waals surface area contributed by atoms with E-state index in [4.69, 9.17) is 9.47 Å². The van der Waals surface area contributed by atoms with Crippen LogP contribution in [-0.2, 0) is 6.42 Å². The zero-order chi connectivity index (χ0) is 13.8. The Labute approximate surface area is 118 Å². The molecule has 0 saturated carbocycles. The van der Waals surface area contributed by atoms with E-state index in [2.05, 4.69) is 10.2 Å². The molecule has 0 radical (unpaired) electrons. The molecule has 0 amide bonds. The molecule has 0 unspecified atom stereocenters. The van der Waals surface area contributed by atoms with Crippen molar-refractivity contribution in [3.63, 3.8) is 0 Å². The summed E-state index contributed by atoms with van der Waals surface area (Å²) in [5.41, 5.74) is 1.70. The first-order chi connectivity index (χ1) is 9.88. The molecule has 1 N–H and O–H groups in total. The third-order valence-electron chi connectivity index (χ3n) is 3.83. The van der Waals surface area contributed by atoms with Gasteiger partial charge in [0, 0.05) is 32.7 Å². The van der Waals surface area contributed by atoms with Gasteiger partial charge in [0.15, 0.2) is 17.8 Å². The van der Waals surface area contributed by atoms with E-state index in [1.807, 2.05) is 12.1 Å². The van der Waals surface area contributed by atoms with Gasteiger partial charge in [0.05, 0.1) is 5.56 Å². The minimum atomic E-state index is 0.509. The van der Waals surface area contributed by atoms with E-state index in [-0.39, 0.29) is 0 Å². The average Bonchev–Trinajstić information content (AvgIpc) is 2.53. The maximum Gasteiger partial charge on any atom is 0.172 e. The molecule has 0 bridgehead atoms. The second-order valence-corrected chi connectivity index (χ2v) is 5.13. The van der Waals surface area contributed by atoms with E-state index in [0.29, 0.717) is 24.5 Å². The number of aldehydes is 1. The van der Waals surface area contributed by atoms with E-state index in [1.165, 1.54) is 0 Å². The van der Waals surface area contributed by atoms with Crippen molar-refractivity contribution >= 4 is 6.29 Å². The Morgan fingerprint density at radius 2 is 1.90 bits per heavy atom. The van der Waals surface area contributed by atoms with Crippen LogP contribution in [-0.4, -0.2) is 57.1 Å². The van der Waals surface area contributed by atoms with Crippen molar-refractivity contribution in [1.82, 2.24) is 10.2 Å². The lowest BCUT2D eigenvalue weighted by molar-refractivity contribution is 0.111. The number of carbonyl (C=O) groups is 1. The molecule has 0 spiro atoms. The van der Waals surface area contributed by atoms with Crippen LogP contribution >= 0.6 is 0 Å². The monoisotopic (exact) mass is 276 g/mol. The van der Waals surface area contributed by atoms with Crippen LogP contribution < -0.4 is 14.8 Å². The van der Waals surface area contributed by atoms with Gasteiger partial charge in [-0.1, -0.05) is 6.07 Å².